The van der Waals surface area contributed by atoms with Gasteiger partial charge in [0.1, 0.15) is 11.5 Å². The molecule has 1 unspecified atom stereocenters. The second kappa shape index (κ2) is 14.7. The van der Waals surface area contributed by atoms with Gasteiger partial charge in [-0.25, -0.2) is 0 Å². The van der Waals surface area contributed by atoms with Crippen LogP contribution in [0.15, 0.2) is 128 Å². The van der Waals surface area contributed by atoms with Crippen LogP contribution in [0.3, 0.4) is 0 Å². The number of anilines is 3. The van der Waals surface area contributed by atoms with Crippen LogP contribution in [0.2, 0.25) is 18.6 Å². The van der Waals surface area contributed by atoms with Crippen LogP contribution in [0.25, 0.3) is 0 Å². The quantitative estimate of drug-likeness (QED) is 0.135. The van der Waals surface area contributed by atoms with Crippen LogP contribution < -0.4 is 24.9 Å². The molecular formula is C46H45N5O6Si. The standard InChI is InChI=1S/C46H45N5O6Si/c1-29-43(58(3,4)33-21-19-32(55-2)20-22-33)42(24-25-50-27-38(48-49-50)35(28-52)30-12-6-5-7-13-30)57-46(29)36-26-31(18-23-37(36)47-45(46)54)51-39-15-9-11-17-41(39)56-40-16-10-8-14-34(40)44(51)53/h5-23,26-27,29,35,42-43,52H,24-25,28H2,1-4H3,(H,47,54)/t29-,35?,42+,43-,46+/m0/s1. The molecule has 3 aliphatic rings. The Bertz CT molecular complexity index is 2510. The molecule has 58 heavy (non-hydrogen) atoms. The predicted molar refractivity (Wildman–Crippen MR) is 224 cm³/mol. The molecule has 294 valence electrons. The summed E-state index contributed by atoms with van der Waals surface area (Å²) in [6.07, 6.45) is 2.12. The molecule has 12 heteroatoms. The minimum atomic E-state index is -2.42. The van der Waals surface area contributed by atoms with Crippen LogP contribution in [0.1, 0.15) is 46.4 Å². The molecule has 2 N–H and O–H groups in total. The number of rotatable bonds is 10. The first-order valence-corrected chi connectivity index (χ1v) is 22.8. The molecule has 1 spiro atoms. The van der Waals surface area contributed by atoms with Crippen molar-refractivity contribution in [1.82, 2.24) is 15.0 Å². The molecular weight excluding hydrogens is 747 g/mol. The number of carbonyl (C=O) groups excluding carboxylic acids is 2. The highest BCUT2D eigenvalue weighted by Crippen LogP contribution is 2.59. The van der Waals surface area contributed by atoms with Crippen molar-refractivity contribution in [2.75, 3.05) is 23.9 Å². The van der Waals surface area contributed by atoms with Crippen molar-refractivity contribution in [3.05, 3.63) is 150 Å². The van der Waals surface area contributed by atoms with Crippen LogP contribution in [0, 0.1) is 5.92 Å². The molecule has 9 rings (SSSR count). The number of benzene rings is 5. The molecule has 0 aliphatic carbocycles. The minimum absolute atomic E-state index is 0.0143. The molecule has 6 aromatic rings. The molecule has 0 bridgehead atoms. The minimum Gasteiger partial charge on any atom is -0.497 e. The number of aliphatic hydroxyl groups is 1. The first-order valence-electron chi connectivity index (χ1n) is 19.7. The van der Waals surface area contributed by atoms with Crippen molar-refractivity contribution in [2.45, 2.75) is 56.1 Å². The summed E-state index contributed by atoms with van der Waals surface area (Å²) >= 11 is 0. The third kappa shape index (κ3) is 6.10. The fourth-order valence-corrected chi connectivity index (χ4v) is 13.6. The van der Waals surface area contributed by atoms with Gasteiger partial charge in [-0.15, -0.1) is 5.10 Å². The molecule has 4 heterocycles. The fourth-order valence-electron chi connectivity index (χ4n) is 9.49. The summed E-state index contributed by atoms with van der Waals surface area (Å²) in [6, 6.07) is 38.5. The highest BCUT2D eigenvalue weighted by molar-refractivity contribution is 6.91. The average Bonchev–Trinajstić information content (AvgIpc) is 3.89. The smallest absolute Gasteiger partial charge is 0.266 e. The molecule has 0 radical (unpaired) electrons. The van der Waals surface area contributed by atoms with E-state index in [4.69, 9.17) is 14.2 Å². The number of carbonyl (C=O) groups is 2. The van der Waals surface area contributed by atoms with Gasteiger partial charge < -0.3 is 24.6 Å². The van der Waals surface area contributed by atoms with Gasteiger partial charge in [-0.1, -0.05) is 97.1 Å². The van der Waals surface area contributed by atoms with E-state index < -0.39 is 13.7 Å². The number of amides is 2. The lowest BCUT2D eigenvalue weighted by atomic mass is 9.82. The van der Waals surface area contributed by atoms with Crippen molar-refractivity contribution in [1.29, 1.82) is 0 Å². The Morgan fingerprint density at radius 1 is 0.914 bits per heavy atom. The van der Waals surface area contributed by atoms with Gasteiger partial charge in [-0.05, 0) is 72.1 Å². The van der Waals surface area contributed by atoms with Gasteiger partial charge in [0.2, 0.25) is 0 Å². The maximum absolute atomic E-state index is 14.6. The van der Waals surface area contributed by atoms with Crippen LogP contribution in [-0.2, 0) is 21.7 Å². The van der Waals surface area contributed by atoms with Gasteiger partial charge in [0.05, 0.1) is 50.8 Å². The van der Waals surface area contributed by atoms with Crippen molar-refractivity contribution in [3.8, 4) is 17.2 Å². The van der Waals surface area contributed by atoms with Crippen molar-refractivity contribution in [3.63, 3.8) is 0 Å². The molecule has 1 fully saturated rings. The Morgan fingerprint density at radius 2 is 1.64 bits per heavy atom. The van der Waals surface area contributed by atoms with E-state index in [9.17, 15) is 14.7 Å². The summed E-state index contributed by atoms with van der Waals surface area (Å²) in [6.45, 7) is 7.23. The lowest BCUT2D eigenvalue weighted by Crippen LogP contribution is -2.51. The normalized spacial score (nSPS) is 21.5. The number of hydrogen-bond acceptors (Lipinski definition) is 8. The first kappa shape index (κ1) is 37.5. The molecule has 5 atom stereocenters. The summed E-state index contributed by atoms with van der Waals surface area (Å²) in [5, 5.41) is 23.7. The van der Waals surface area contributed by atoms with Crippen molar-refractivity contribution in [2.24, 2.45) is 5.92 Å². The third-order valence-electron chi connectivity index (χ3n) is 12.4. The summed E-state index contributed by atoms with van der Waals surface area (Å²) in [5.41, 5.74) is 3.30. The van der Waals surface area contributed by atoms with Crippen LogP contribution in [0.4, 0.5) is 17.1 Å². The number of hydrogen-bond donors (Lipinski definition) is 2. The molecule has 3 aliphatic heterocycles. The number of aromatic nitrogens is 3. The Morgan fingerprint density at radius 3 is 2.40 bits per heavy atom. The second-order valence-electron chi connectivity index (χ2n) is 15.9. The lowest BCUT2D eigenvalue weighted by Gasteiger charge is -2.37. The first-order chi connectivity index (χ1) is 28.1. The largest absolute Gasteiger partial charge is 0.497 e. The zero-order valence-electron chi connectivity index (χ0n) is 32.8. The fraction of sp³-hybridized carbons (Fsp3) is 0.261. The predicted octanol–water partition coefficient (Wildman–Crippen LogP) is 7.75. The van der Waals surface area contributed by atoms with E-state index in [0.29, 0.717) is 58.3 Å². The summed E-state index contributed by atoms with van der Waals surface area (Å²) in [4.78, 5) is 30.7. The van der Waals surface area contributed by atoms with Crippen LogP contribution in [-0.4, -0.2) is 59.8 Å². The van der Waals surface area contributed by atoms with E-state index in [1.807, 2.05) is 108 Å². The zero-order chi connectivity index (χ0) is 40.2. The molecule has 5 aromatic carbocycles. The Balaban J connectivity index is 1.10. The Kier molecular flexibility index (Phi) is 9.50. The Hall–Kier alpha value is -6.08. The van der Waals surface area contributed by atoms with E-state index in [1.54, 1.807) is 24.1 Å². The van der Waals surface area contributed by atoms with Gasteiger partial charge in [0.25, 0.3) is 11.8 Å². The maximum Gasteiger partial charge on any atom is 0.266 e. The number of fused-ring (bicyclic) bond motifs is 4. The van der Waals surface area contributed by atoms with E-state index in [2.05, 4.69) is 47.8 Å². The number of nitrogens with zero attached hydrogens (tertiary/aromatic N) is 4. The van der Waals surface area contributed by atoms with Gasteiger partial charge >= 0.3 is 0 Å². The highest BCUT2D eigenvalue weighted by Gasteiger charge is 2.64. The molecule has 11 nitrogen and oxygen atoms in total. The maximum atomic E-state index is 14.6. The number of para-hydroxylation sites is 3. The van der Waals surface area contributed by atoms with Gasteiger partial charge in [0, 0.05) is 35.6 Å². The van der Waals surface area contributed by atoms with Gasteiger partial charge in [-0.3, -0.25) is 19.2 Å². The zero-order valence-corrected chi connectivity index (χ0v) is 33.8. The monoisotopic (exact) mass is 791 g/mol. The number of nitrogens with one attached hydrogen (secondary N) is 1. The summed E-state index contributed by atoms with van der Waals surface area (Å²) in [5.74, 6) is 0.806. The number of ether oxygens (including phenoxy) is 3. The second-order valence-corrected chi connectivity index (χ2v) is 20.6. The van der Waals surface area contributed by atoms with E-state index in [-0.39, 0.29) is 41.9 Å². The van der Waals surface area contributed by atoms with Crippen LogP contribution >= 0.6 is 0 Å². The summed E-state index contributed by atoms with van der Waals surface area (Å²) < 4.78 is 20.9. The Labute approximate surface area is 338 Å². The number of aryl methyl sites for hydroxylation is 1. The van der Waals surface area contributed by atoms with Gasteiger partial charge in [-0.2, -0.15) is 0 Å². The third-order valence-corrected chi connectivity index (χ3v) is 16.8. The van der Waals surface area contributed by atoms with E-state index in [1.165, 1.54) is 5.19 Å². The van der Waals surface area contributed by atoms with E-state index >= 15 is 0 Å². The molecule has 2 amide bonds. The van der Waals surface area contributed by atoms with Crippen molar-refractivity contribution < 1.29 is 28.9 Å². The van der Waals surface area contributed by atoms with Gasteiger partial charge in [0.15, 0.2) is 11.4 Å². The number of aliphatic hydroxyl groups excluding tert-OH is 1. The van der Waals surface area contributed by atoms with Crippen molar-refractivity contribution >= 4 is 42.1 Å². The average molecular weight is 792 g/mol. The molecule has 1 saturated heterocycles. The lowest BCUT2D eigenvalue weighted by molar-refractivity contribution is -0.143. The number of methoxy groups -OCH3 is 1. The summed E-state index contributed by atoms with van der Waals surface area (Å²) in [7, 11) is -0.761. The van der Waals surface area contributed by atoms with E-state index in [0.717, 1.165) is 11.3 Å². The molecule has 1 aromatic heterocycles. The highest BCUT2D eigenvalue weighted by atomic mass is 28.3. The topological polar surface area (TPSA) is 128 Å². The molecule has 0 saturated carbocycles. The SMILES string of the molecule is COc1ccc([Si](C)(C)[C@@H]2[C@@H](CCn3cc(C(CO)c4ccccc4)nn3)O[C@]3(C(=O)Nc4ccc(N5C(=O)c6ccccc6Oc6ccccc65)cc43)[C@H]2C)cc1. The van der Waals surface area contributed by atoms with Crippen LogP contribution in [0.5, 0.6) is 17.2 Å².